The van der Waals surface area contributed by atoms with E-state index in [9.17, 15) is 15.3 Å². The molecule has 2 aromatic heterocycles. The number of aromatic nitrogens is 2. The first kappa shape index (κ1) is 16.5. The van der Waals surface area contributed by atoms with Crippen LogP contribution in [0.5, 0.6) is 5.75 Å². The number of nitrogens with one attached hydrogen (secondary N) is 1. The Bertz CT molecular complexity index is 1210. The highest BCUT2D eigenvalue weighted by atomic mass is 16.5. The van der Waals surface area contributed by atoms with Crippen LogP contribution in [0.15, 0.2) is 36.7 Å². The molecule has 1 saturated heterocycles. The fraction of sp³-hybridized carbons (Fsp3) is 0.286. The molecule has 5 rings (SSSR count). The summed E-state index contributed by atoms with van der Waals surface area (Å²) in [6.45, 7) is 4.26. The zero-order valence-corrected chi connectivity index (χ0v) is 15.1. The summed E-state index contributed by atoms with van der Waals surface area (Å²) in [5, 5.41) is 34.1. The lowest BCUT2D eigenvalue weighted by atomic mass is 9.97. The van der Waals surface area contributed by atoms with Crippen molar-refractivity contribution in [2.45, 2.75) is 32.3 Å². The van der Waals surface area contributed by atoms with Gasteiger partial charge in [0.25, 0.3) is 6.23 Å². The Morgan fingerprint density at radius 1 is 1.07 bits per heavy atom. The molecule has 6 heteroatoms. The number of aryl methyl sites for hydroxylation is 2. The minimum atomic E-state index is -0.956. The summed E-state index contributed by atoms with van der Waals surface area (Å²) >= 11 is 0. The Balaban J connectivity index is 1.82. The standard InChI is InChI=1S/C21H20N2O4/c1-10-15-8-23(21-20(26)17(25)9-27-21)6-5-13(15)11(2)19-18(10)14-7-12(24)3-4-16(14)22-19/h3-8,17,20-21,24-26H,9H2,1-2H3/p+1/t17-,20-,21?/m1/s1. The molecule has 2 aromatic carbocycles. The van der Waals surface area contributed by atoms with E-state index < -0.39 is 18.4 Å². The van der Waals surface area contributed by atoms with Gasteiger partial charge in [-0.25, -0.2) is 0 Å². The lowest BCUT2D eigenvalue weighted by Gasteiger charge is -2.12. The quantitative estimate of drug-likeness (QED) is 0.390. The molecule has 3 atom stereocenters. The third kappa shape index (κ3) is 2.27. The molecule has 27 heavy (non-hydrogen) atoms. The van der Waals surface area contributed by atoms with Gasteiger partial charge in [-0.3, -0.25) is 0 Å². The van der Waals surface area contributed by atoms with Gasteiger partial charge in [-0.15, -0.1) is 0 Å². The van der Waals surface area contributed by atoms with E-state index in [4.69, 9.17) is 4.74 Å². The Morgan fingerprint density at radius 2 is 1.89 bits per heavy atom. The number of hydrogen-bond acceptors (Lipinski definition) is 4. The van der Waals surface area contributed by atoms with Gasteiger partial charge in [0.05, 0.1) is 12.1 Å². The minimum Gasteiger partial charge on any atom is -0.508 e. The molecule has 3 heterocycles. The summed E-state index contributed by atoms with van der Waals surface area (Å²) in [7, 11) is 0. The molecule has 4 aromatic rings. The molecular weight excluding hydrogens is 344 g/mol. The summed E-state index contributed by atoms with van der Waals surface area (Å²) in [5.74, 6) is 0.236. The van der Waals surface area contributed by atoms with E-state index in [1.54, 1.807) is 12.1 Å². The number of pyridine rings is 1. The van der Waals surface area contributed by atoms with E-state index in [-0.39, 0.29) is 12.4 Å². The number of phenols is 1. The van der Waals surface area contributed by atoms with Crippen molar-refractivity contribution in [3.05, 3.63) is 47.8 Å². The van der Waals surface area contributed by atoms with E-state index >= 15 is 0 Å². The Hall–Kier alpha value is -2.67. The van der Waals surface area contributed by atoms with Gasteiger partial charge in [-0.2, -0.15) is 4.57 Å². The second kappa shape index (κ2) is 5.66. The zero-order chi connectivity index (χ0) is 18.9. The molecular formula is C21H21N2O4+. The number of phenolic OH excluding ortho intramolecular Hbond substituents is 1. The van der Waals surface area contributed by atoms with Crippen LogP contribution in [0.1, 0.15) is 17.4 Å². The summed E-state index contributed by atoms with van der Waals surface area (Å²) in [4.78, 5) is 3.47. The molecule has 0 spiro atoms. The van der Waals surface area contributed by atoms with Gasteiger partial charge < -0.3 is 25.0 Å². The van der Waals surface area contributed by atoms with Crippen LogP contribution in [0.3, 0.4) is 0 Å². The van der Waals surface area contributed by atoms with Crippen LogP contribution in [0, 0.1) is 13.8 Å². The Kier molecular flexibility index (Phi) is 3.46. The molecule has 138 valence electrons. The number of H-pyrrole nitrogens is 1. The zero-order valence-electron chi connectivity index (χ0n) is 15.1. The number of benzene rings is 2. The number of ether oxygens (including phenoxy) is 1. The molecule has 6 nitrogen and oxygen atoms in total. The number of fused-ring (bicyclic) bond motifs is 4. The largest absolute Gasteiger partial charge is 0.508 e. The van der Waals surface area contributed by atoms with Gasteiger partial charge >= 0.3 is 0 Å². The average Bonchev–Trinajstić information content (AvgIpc) is 3.20. The van der Waals surface area contributed by atoms with Gasteiger partial charge in [0, 0.05) is 27.7 Å². The molecule has 1 fully saturated rings. The van der Waals surface area contributed by atoms with Crippen molar-refractivity contribution >= 4 is 32.6 Å². The topological polar surface area (TPSA) is 89.6 Å². The van der Waals surface area contributed by atoms with Crippen molar-refractivity contribution < 1.29 is 24.6 Å². The third-order valence-electron chi connectivity index (χ3n) is 5.74. The molecule has 1 aliphatic heterocycles. The maximum absolute atomic E-state index is 10.2. The van der Waals surface area contributed by atoms with Crippen LogP contribution in [0.2, 0.25) is 0 Å². The lowest BCUT2D eigenvalue weighted by Crippen LogP contribution is -2.45. The summed E-state index contributed by atoms with van der Waals surface area (Å²) < 4.78 is 7.38. The number of nitrogens with zero attached hydrogens (tertiary/aromatic N) is 1. The lowest BCUT2D eigenvalue weighted by molar-refractivity contribution is -0.763. The number of aliphatic hydroxyl groups is 2. The Morgan fingerprint density at radius 3 is 2.63 bits per heavy atom. The molecule has 0 saturated carbocycles. The first-order valence-electron chi connectivity index (χ1n) is 9.01. The third-order valence-corrected chi connectivity index (χ3v) is 5.74. The van der Waals surface area contributed by atoms with Gasteiger partial charge in [-0.05, 0) is 48.6 Å². The van der Waals surface area contributed by atoms with Gasteiger partial charge in [0.2, 0.25) is 0 Å². The number of aliphatic hydroxyl groups excluding tert-OH is 2. The van der Waals surface area contributed by atoms with Crippen LogP contribution in [-0.4, -0.2) is 39.1 Å². The van der Waals surface area contributed by atoms with Crippen molar-refractivity contribution in [1.29, 1.82) is 0 Å². The average molecular weight is 365 g/mol. The van der Waals surface area contributed by atoms with E-state index in [2.05, 4.69) is 18.8 Å². The smallest absolute Gasteiger partial charge is 0.291 e. The van der Waals surface area contributed by atoms with Crippen LogP contribution in [0.25, 0.3) is 32.6 Å². The van der Waals surface area contributed by atoms with E-state index in [0.29, 0.717) is 0 Å². The first-order chi connectivity index (χ1) is 13.0. The molecule has 4 N–H and O–H groups in total. The molecule has 0 bridgehead atoms. The maximum atomic E-state index is 10.2. The summed E-state index contributed by atoms with van der Waals surface area (Å²) in [6, 6.07) is 7.36. The fourth-order valence-corrected chi connectivity index (χ4v) is 4.26. The van der Waals surface area contributed by atoms with Crippen LogP contribution < -0.4 is 4.57 Å². The maximum Gasteiger partial charge on any atom is 0.291 e. The predicted molar refractivity (Wildman–Crippen MR) is 102 cm³/mol. The second-order valence-electron chi connectivity index (χ2n) is 7.36. The molecule has 1 unspecified atom stereocenters. The van der Waals surface area contributed by atoms with Gasteiger partial charge in [0.15, 0.2) is 18.5 Å². The minimum absolute atomic E-state index is 0.121. The molecule has 1 aliphatic rings. The van der Waals surface area contributed by atoms with Crippen molar-refractivity contribution in [3.63, 3.8) is 0 Å². The predicted octanol–water partition coefficient (Wildman–Crippen LogP) is 2.33. The van der Waals surface area contributed by atoms with Crippen molar-refractivity contribution in [1.82, 2.24) is 4.98 Å². The normalized spacial score (nSPS) is 23.0. The number of hydrogen-bond donors (Lipinski definition) is 4. The summed E-state index contributed by atoms with van der Waals surface area (Å²) in [5.41, 5.74) is 4.26. The van der Waals surface area contributed by atoms with E-state index in [1.165, 1.54) is 0 Å². The summed E-state index contributed by atoms with van der Waals surface area (Å²) in [6.07, 6.45) is 1.40. The van der Waals surface area contributed by atoms with Crippen LogP contribution in [0.4, 0.5) is 0 Å². The van der Waals surface area contributed by atoms with Crippen molar-refractivity contribution in [2.24, 2.45) is 0 Å². The second-order valence-corrected chi connectivity index (χ2v) is 7.36. The highest BCUT2D eigenvalue weighted by molar-refractivity contribution is 6.16. The first-order valence-corrected chi connectivity index (χ1v) is 9.01. The highest BCUT2D eigenvalue weighted by Gasteiger charge is 2.41. The number of aromatic amines is 1. The number of rotatable bonds is 1. The molecule has 0 aliphatic carbocycles. The van der Waals surface area contributed by atoms with Gasteiger partial charge in [0.1, 0.15) is 11.9 Å². The van der Waals surface area contributed by atoms with E-state index in [1.807, 2.05) is 29.1 Å². The monoisotopic (exact) mass is 365 g/mol. The van der Waals surface area contributed by atoms with Gasteiger partial charge in [-0.1, -0.05) is 0 Å². The highest BCUT2D eigenvalue weighted by Crippen LogP contribution is 2.37. The van der Waals surface area contributed by atoms with Crippen LogP contribution >= 0.6 is 0 Å². The van der Waals surface area contributed by atoms with Crippen LogP contribution in [-0.2, 0) is 4.74 Å². The SMILES string of the molecule is Cc1c2cc[n+](C3OC[C@@H](O)[C@H]3O)cc2c(C)c2c1[nH]c1ccc(O)cc12. The number of aromatic hydroxyl groups is 1. The molecule has 0 radical (unpaired) electrons. The van der Waals surface area contributed by atoms with Crippen molar-refractivity contribution in [3.8, 4) is 5.75 Å². The van der Waals surface area contributed by atoms with Crippen molar-refractivity contribution in [2.75, 3.05) is 6.61 Å². The fourth-order valence-electron chi connectivity index (χ4n) is 4.26. The Labute approximate surface area is 155 Å². The van der Waals surface area contributed by atoms with E-state index in [0.717, 1.165) is 43.7 Å². The molecule has 0 amide bonds.